The number of hydrogen-bond donors (Lipinski definition) is 1. The second kappa shape index (κ2) is 3.63. The average Bonchev–Trinajstić information content (AvgIpc) is 1.79. The summed E-state index contributed by atoms with van der Waals surface area (Å²) in [5.41, 5.74) is 6.41. The molecule has 2 N–H and O–H groups in total. The molecule has 1 unspecified atom stereocenters. The van der Waals surface area contributed by atoms with Gasteiger partial charge in [0.15, 0.2) is 5.79 Å². The monoisotopic (exact) mass is 170 g/mol. The minimum Gasteiger partial charge on any atom is -0.294 e. The molecule has 0 saturated heterocycles. The third kappa shape index (κ3) is 3.44. The summed E-state index contributed by atoms with van der Waals surface area (Å²) in [6, 6.07) is 0. The lowest BCUT2D eigenvalue weighted by atomic mass is 10.1. The maximum atomic E-state index is 13.2. The Bertz CT molecular complexity index is 233. The molecular weight excluding hydrogens is 155 g/mol. The summed E-state index contributed by atoms with van der Waals surface area (Å²) < 4.78 is 13.2. The second-order valence-corrected chi connectivity index (χ2v) is 3.05. The van der Waals surface area contributed by atoms with Gasteiger partial charge in [-0.15, -0.1) is 0 Å². The Labute approximate surface area is 72.7 Å². The summed E-state index contributed by atoms with van der Waals surface area (Å²) >= 11 is 0. The van der Waals surface area contributed by atoms with E-state index in [1.165, 1.54) is 6.92 Å². The number of allylic oxidation sites excluding steroid dienone is 1. The fourth-order valence-corrected chi connectivity index (χ4v) is 0.813. The number of halogens is 1. The molecule has 2 nitrogen and oxygen atoms in total. The van der Waals surface area contributed by atoms with E-state index in [4.69, 9.17) is 5.73 Å². The van der Waals surface area contributed by atoms with E-state index in [1.54, 1.807) is 13.8 Å². The first kappa shape index (κ1) is 11.0. The van der Waals surface area contributed by atoms with Crippen LogP contribution in [0.3, 0.4) is 0 Å². The van der Waals surface area contributed by atoms with E-state index in [0.29, 0.717) is 11.3 Å². The molecule has 0 spiro atoms. The SMILES string of the molecule is C=C(C)N=C(C(=C)C)C(C)(N)F. The zero-order chi connectivity index (χ0) is 9.94. The van der Waals surface area contributed by atoms with Gasteiger partial charge in [-0.3, -0.25) is 10.7 Å². The number of nitrogens with two attached hydrogens (primary N) is 1. The van der Waals surface area contributed by atoms with Gasteiger partial charge >= 0.3 is 0 Å². The number of nitrogens with zero attached hydrogens (tertiary/aromatic N) is 1. The van der Waals surface area contributed by atoms with Crippen LogP contribution >= 0.6 is 0 Å². The lowest BCUT2D eigenvalue weighted by molar-refractivity contribution is 0.295. The molecule has 0 amide bonds. The summed E-state index contributed by atoms with van der Waals surface area (Å²) in [4.78, 5) is 3.87. The van der Waals surface area contributed by atoms with Crippen molar-refractivity contribution in [2.45, 2.75) is 26.6 Å². The standard InChI is InChI=1S/C9H15FN2/c1-6(2)8(9(5,10)11)12-7(3)4/h1,3,11H2,2,4-5H3. The van der Waals surface area contributed by atoms with Crippen LogP contribution in [0.5, 0.6) is 0 Å². The van der Waals surface area contributed by atoms with Crippen LogP contribution in [0.15, 0.2) is 29.4 Å². The first-order valence-electron chi connectivity index (χ1n) is 3.63. The predicted octanol–water partition coefficient (Wildman–Crippen LogP) is 2.18. The van der Waals surface area contributed by atoms with Crippen molar-refractivity contribution in [2.75, 3.05) is 0 Å². The van der Waals surface area contributed by atoms with E-state index >= 15 is 0 Å². The van der Waals surface area contributed by atoms with Gasteiger partial charge in [0, 0.05) is 5.70 Å². The molecule has 3 heteroatoms. The molecule has 0 rings (SSSR count). The number of aliphatic imine (C=N–C) groups is 1. The third-order valence-electron chi connectivity index (χ3n) is 1.17. The zero-order valence-corrected chi connectivity index (χ0v) is 7.82. The Morgan fingerprint density at radius 1 is 1.42 bits per heavy atom. The van der Waals surface area contributed by atoms with E-state index in [0.717, 1.165) is 0 Å². The van der Waals surface area contributed by atoms with E-state index in [1.807, 2.05) is 0 Å². The quantitative estimate of drug-likeness (QED) is 0.511. The van der Waals surface area contributed by atoms with Gasteiger partial charge in [0.25, 0.3) is 0 Å². The highest BCUT2D eigenvalue weighted by atomic mass is 19.1. The molecule has 0 aromatic carbocycles. The Morgan fingerprint density at radius 3 is 1.92 bits per heavy atom. The van der Waals surface area contributed by atoms with Crippen LogP contribution in [0.2, 0.25) is 0 Å². The third-order valence-corrected chi connectivity index (χ3v) is 1.17. The molecule has 0 aliphatic carbocycles. The highest BCUT2D eigenvalue weighted by Gasteiger charge is 2.24. The first-order chi connectivity index (χ1) is 5.25. The van der Waals surface area contributed by atoms with E-state index in [-0.39, 0.29) is 5.71 Å². The van der Waals surface area contributed by atoms with Crippen molar-refractivity contribution in [2.24, 2.45) is 10.7 Å². The Kier molecular flexibility index (Phi) is 3.34. The summed E-state index contributed by atoms with van der Waals surface area (Å²) in [7, 11) is 0. The average molecular weight is 170 g/mol. The van der Waals surface area contributed by atoms with Crippen LogP contribution in [-0.4, -0.2) is 11.5 Å². The molecule has 68 valence electrons. The largest absolute Gasteiger partial charge is 0.294 e. The molecule has 0 aromatic rings. The number of alkyl halides is 1. The predicted molar refractivity (Wildman–Crippen MR) is 50.8 cm³/mol. The van der Waals surface area contributed by atoms with E-state index < -0.39 is 5.79 Å². The maximum Gasteiger partial charge on any atom is 0.199 e. The molecule has 0 heterocycles. The van der Waals surface area contributed by atoms with Gasteiger partial charge < -0.3 is 0 Å². The molecule has 0 aliphatic heterocycles. The van der Waals surface area contributed by atoms with Crippen molar-refractivity contribution in [1.82, 2.24) is 0 Å². The Hall–Kier alpha value is -0.960. The smallest absolute Gasteiger partial charge is 0.199 e. The molecule has 0 aliphatic rings. The van der Waals surface area contributed by atoms with E-state index in [2.05, 4.69) is 18.2 Å². The van der Waals surface area contributed by atoms with Crippen LogP contribution in [-0.2, 0) is 0 Å². The van der Waals surface area contributed by atoms with Gasteiger partial charge in [0.05, 0.1) is 5.71 Å². The molecule has 0 fully saturated rings. The van der Waals surface area contributed by atoms with Crippen molar-refractivity contribution in [3.8, 4) is 0 Å². The number of hydrogen-bond acceptors (Lipinski definition) is 2. The molecular formula is C9H15FN2. The number of rotatable bonds is 3. The normalized spacial score (nSPS) is 16.9. The van der Waals surface area contributed by atoms with Crippen molar-refractivity contribution in [3.05, 3.63) is 24.4 Å². The summed E-state index contributed by atoms with van der Waals surface area (Å²) in [5, 5.41) is 0. The summed E-state index contributed by atoms with van der Waals surface area (Å²) in [6.45, 7) is 11.7. The van der Waals surface area contributed by atoms with Crippen molar-refractivity contribution in [3.63, 3.8) is 0 Å². The highest BCUT2D eigenvalue weighted by molar-refractivity contribution is 6.05. The molecule has 0 radical (unpaired) electrons. The van der Waals surface area contributed by atoms with E-state index in [9.17, 15) is 4.39 Å². The Morgan fingerprint density at radius 2 is 1.83 bits per heavy atom. The lowest BCUT2D eigenvalue weighted by Gasteiger charge is -2.17. The lowest BCUT2D eigenvalue weighted by Crippen LogP contribution is -2.40. The topological polar surface area (TPSA) is 38.4 Å². The minimum absolute atomic E-state index is 0.148. The van der Waals surface area contributed by atoms with Gasteiger partial charge in [0.1, 0.15) is 0 Å². The molecule has 0 saturated carbocycles. The van der Waals surface area contributed by atoms with Crippen LogP contribution in [0.1, 0.15) is 20.8 Å². The zero-order valence-electron chi connectivity index (χ0n) is 7.82. The Balaban J connectivity index is 4.94. The van der Waals surface area contributed by atoms with Crippen molar-refractivity contribution < 1.29 is 4.39 Å². The fourth-order valence-electron chi connectivity index (χ4n) is 0.813. The van der Waals surface area contributed by atoms with Gasteiger partial charge in [-0.2, -0.15) is 0 Å². The molecule has 12 heavy (non-hydrogen) atoms. The van der Waals surface area contributed by atoms with Gasteiger partial charge in [-0.1, -0.05) is 13.2 Å². The minimum atomic E-state index is -1.94. The van der Waals surface area contributed by atoms with Crippen LogP contribution in [0, 0.1) is 0 Å². The van der Waals surface area contributed by atoms with Crippen molar-refractivity contribution in [1.29, 1.82) is 0 Å². The second-order valence-electron chi connectivity index (χ2n) is 3.05. The molecule has 0 aromatic heterocycles. The maximum absolute atomic E-state index is 13.2. The van der Waals surface area contributed by atoms with Crippen molar-refractivity contribution >= 4 is 5.71 Å². The summed E-state index contributed by atoms with van der Waals surface area (Å²) in [6.07, 6.45) is 0. The fraction of sp³-hybridized carbons (Fsp3) is 0.444. The van der Waals surface area contributed by atoms with Gasteiger partial charge in [-0.05, 0) is 26.3 Å². The first-order valence-corrected chi connectivity index (χ1v) is 3.63. The van der Waals surface area contributed by atoms with Crippen LogP contribution < -0.4 is 5.73 Å². The highest BCUT2D eigenvalue weighted by Crippen LogP contribution is 2.12. The molecule has 0 bridgehead atoms. The van der Waals surface area contributed by atoms with Gasteiger partial charge in [0.2, 0.25) is 0 Å². The summed E-state index contributed by atoms with van der Waals surface area (Å²) in [5.74, 6) is -1.94. The van der Waals surface area contributed by atoms with Crippen LogP contribution in [0.4, 0.5) is 4.39 Å². The van der Waals surface area contributed by atoms with Gasteiger partial charge in [-0.25, -0.2) is 4.39 Å². The van der Waals surface area contributed by atoms with Crippen LogP contribution in [0.25, 0.3) is 0 Å². The molecule has 1 atom stereocenters.